The number of hydrogen-bond donors (Lipinski definition) is 3. The molecular formula is C12H11IN4O3. The van der Waals surface area contributed by atoms with E-state index in [0.29, 0.717) is 5.69 Å². The van der Waals surface area contributed by atoms with Crippen LogP contribution in [-0.4, -0.2) is 26.8 Å². The summed E-state index contributed by atoms with van der Waals surface area (Å²) < 4.78 is 2.14. The van der Waals surface area contributed by atoms with Crippen LogP contribution in [0.1, 0.15) is 26.5 Å². The van der Waals surface area contributed by atoms with E-state index in [9.17, 15) is 14.7 Å². The average molecular weight is 386 g/mol. The molecule has 0 radical (unpaired) electrons. The van der Waals surface area contributed by atoms with Crippen molar-refractivity contribution in [1.82, 2.24) is 9.78 Å². The Bertz CT molecular complexity index is 724. The summed E-state index contributed by atoms with van der Waals surface area (Å²) in [5.74, 6) is -2.15. The molecule has 1 aromatic heterocycles. The molecule has 0 spiro atoms. The maximum Gasteiger partial charge on any atom is 0.356 e. The van der Waals surface area contributed by atoms with E-state index in [1.807, 2.05) is 13.0 Å². The Balaban J connectivity index is 2.72. The molecule has 0 aliphatic rings. The van der Waals surface area contributed by atoms with Crippen molar-refractivity contribution < 1.29 is 14.7 Å². The minimum Gasteiger partial charge on any atom is -0.476 e. The maximum atomic E-state index is 11.3. The van der Waals surface area contributed by atoms with Crippen LogP contribution in [0.15, 0.2) is 18.2 Å². The monoisotopic (exact) mass is 386 g/mol. The number of halogens is 1. The van der Waals surface area contributed by atoms with E-state index in [1.165, 1.54) is 0 Å². The largest absolute Gasteiger partial charge is 0.476 e. The highest BCUT2D eigenvalue weighted by molar-refractivity contribution is 14.1. The van der Waals surface area contributed by atoms with E-state index >= 15 is 0 Å². The summed E-state index contributed by atoms with van der Waals surface area (Å²) >= 11 is 2.16. The van der Waals surface area contributed by atoms with Crippen molar-refractivity contribution in [2.75, 3.05) is 5.73 Å². The van der Waals surface area contributed by atoms with Crippen LogP contribution in [0.4, 0.5) is 5.69 Å². The molecule has 0 aliphatic carbocycles. The fraction of sp³-hybridized carbons (Fsp3) is 0.0833. The van der Waals surface area contributed by atoms with Crippen LogP contribution in [0.5, 0.6) is 0 Å². The number of nitrogens with zero attached hydrogens (tertiary/aromatic N) is 2. The summed E-state index contributed by atoms with van der Waals surface area (Å²) in [7, 11) is 0. The van der Waals surface area contributed by atoms with Crippen LogP contribution in [0.25, 0.3) is 5.69 Å². The third-order valence-electron chi connectivity index (χ3n) is 2.74. The Morgan fingerprint density at radius 2 is 2.05 bits per heavy atom. The molecule has 5 N–H and O–H groups in total. The average Bonchev–Trinajstić information content (AvgIpc) is 2.70. The summed E-state index contributed by atoms with van der Waals surface area (Å²) in [6.07, 6.45) is 0. The predicted octanol–water partition coefficient (Wildman–Crippen LogP) is 1.16. The summed E-state index contributed by atoms with van der Waals surface area (Å²) in [6, 6.07) is 5.27. The third-order valence-corrected chi connectivity index (χ3v) is 3.95. The Morgan fingerprint density at radius 3 is 2.55 bits per heavy atom. The highest BCUT2D eigenvalue weighted by Crippen LogP contribution is 2.23. The number of carboxylic acid groups (broad SMARTS) is 1. The van der Waals surface area contributed by atoms with Crippen LogP contribution in [0.3, 0.4) is 0 Å². The molecule has 0 fully saturated rings. The second kappa shape index (κ2) is 5.12. The first-order chi connectivity index (χ1) is 9.32. The van der Waals surface area contributed by atoms with Gasteiger partial charge in [-0.2, -0.15) is 5.10 Å². The molecule has 1 aromatic carbocycles. The number of carbonyl (C=O) groups excluding carboxylic acids is 1. The van der Waals surface area contributed by atoms with E-state index in [0.717, 1.165) is 13.8 Å². The van der Waals surface area contributed by atoms with Gasteiger partial charge in [0.25, 0.3) is 5.91 Å². The molecule has 8 heteroatoms. The topological polar surface area (TPSA) is 124 Å². The highest BCUT2D eigenvalue weighted by Gasteiger charge is 2.24. The van der Waals surface area contributed by atoms with Gasteiger partial charge in [0.1, 0.15) is 0 Å². The van der Waals surface area contributed by atoms with E-state index in [-0.39, 0.29) is 17.1 Å². The standard InChI is InChI=1S/C12H11IN4O3/c1-5-4-6(2-3-7(5)13)17-10(12(19)20)8(14)9(16-17)11(15)18/h2-4H,14H2,1H3,(H2,15,18)(H,19,20). The fourth-order valence-corrected chi connectivity index (χ4v) is 2.10. The normalized spacial score (nSPS) is 10.5. The predicted molar refractivity (Wildman–Crippen MR) is 80.9 cm³/mol. The van der Waals surface area contributed by atoms with Crippen LogP contribution in [-0.2, 0) is 0 Å². The third kappa shape index (κ3) is 2.33. The van der Waals surface area contributed by atoms with E-state index < -0.39 is 11.9 Å². The number of hydrogen-bond acceptors (Lipinski definition) is 4. The first-order valence-electron chi connectivity index (χ1n) is 5.51. The van der Waals surface area contributed by atoms with Crippen molar-refractivity contribution in [1.29, 1.82) is 0 Å². The number of aromatic carboxylic acids is 1. The van der Waals surface area contributed by atoms with Crippen molar-refractivity contribution >= 4 is 40.2 Å². The molecule has 0 saturated heterocycles. The van der Waals surface area contributed by atoms with Crippen molar-refractivity contribution in [2.24, 2.45) is 5.73 Å². The summed E-state index contributed by atoms with van der Waals surface area (Å²) in [5.41, 5.74) is 11.5. The molecule has 0 saturated carbocycles. The highest BCUT2D eigenvalue weighted by atomic mass is 127. The van der Waals surface area contributed by atoms with E-state index in [2.05, 4.69) is 27.7 Å². The molecule has 0 aliphatic heterocycles. The molecule has 0 unspecified atom stereocenters. The maximum absolute atomic E-state index is 11.3. The van der Waals surface area contributed by atoms with Crippen molar-refractivity contribution in [3.8, 4) is 5.69 Å². The first-order valence-corrected chi connectivity index (χ1v) is 6.59. The van der Waals surface area contributed by atoms with E-state index in [1.54, 1.807) is 12.1 Å². The number of carbonyl (C=O) groups is 2. The Kier molecular flexibility index (Phi) is 3.66. The zero-order valence-corrected chi connectivity index (χ0v) is 12.6. The van der Waals surface area contributed by atoms with Crippen molar-refractivity contribution in [3.63, 3.8) is 0 Å². The van der Waals surface area contributed by atoms with Gasteiger partial charge in [-0.3, -0.25) is 4.79 Å². The number of rotatable bonds is 3. The lowest BCUT2D eigenvalue weighted by Gasteiger charge is -2.06. The van der Waals surface area contributed by atoms with Gasteiger partial charge in [0.15, 0.2) is 11.4 Å². The summed E-state index contributed by atoms with van der Waals surface area (Å²) in [4.78, 5) is 22.5. The molecule has 104 valence electrons. The van der Waals surface area contributed by atoms with Crippen LogP contribution < -0.4 is 11.5 Å². The Labute approximate surface area is 127 Å². The fourth-order valence-electron chi connectivity index (χ4n) is 1.77. The zero-order valence-electron chi connectivity index (χ0n) is 10.4. The molecule has 2 aromatic rings. The molecule has 7 nitrogen and oxygen atoms in total. The number of aromatic nitrogens is 2. The number of carboxylic acids is 1. The van der Waals surface area contributed by atoms with Gasteiger partial charge in [0.05, 0.1) is 11.4 Å². The van der Waals surface area contributed by atoms with Gasteiger partial charge in [0, 0.05) is 3.57 Å². The van der Waals surface area contributed by atoms with Crippen molar-refractivity contribution in [3.05, 3.63) is 38.7 Å². The Hall–Kier alpha value is -2.10. The van der Waals surface area contributed by atoms with Crippen LogP contribution in [0.2, 0.25) is 0 Å². The van der Waals surface area contributed by atoms with Gasteiger partial charge in [0.2, 0.25) is 0 Å². The minimum atomic E-state index is -1.28. The zero-order chi connectivity index (χ0) is 15.0. The van der Waals surface area contributed by atoms with Crippen LogP contribution >= 0.6 is 22.6 Å². The molecule has 1 heterocycles. The lowest BCUT2D eigenvalue weighted by atomic mass is 10.2. The van der Waals surface area contributed by atoms with Crippen LogP contribution in [0, 0.1) is 10.5 Å². The van der Waals surface area contributed by atoms with Gasteiger partial charge in [-0.1, -0.05) is 0 Å². The van der Waals surface area contributed by atoms with Gasteiger partial charge >= 0.3 is 5.97 Å². The van der Waals surface area contributed by atoms with Gasteiger partial charge < -0.3 is 16.6 Å². The van der Waals surface area contributed by atoms with Crippen molar-refractivity contribution in [2.45, 2.75) is 6.92 Å². The summed E-state index contributed by atoms with van der Waals surface area (Å²) in [5, 5.41) is 13.1. The molecule has 1 amide bonds. The number of anilines is 1. The SMILES string of the molecule is Cc1cc(-n2nc(C(N)=O)c(N)c2C(=O)O)ccc1I. The molecule has 20 heavy (non-hydrogen) atoms. The Morgan fingerprint density at radius 1 is 1.40 bits per heavy atom. The molecular weight excluding hydrogens is 375 g/mol. The molecule has 0 bridgehead atoms. The number of primary amides is 1. The quantitative estimate of drug-likeness (QED) is 0.683. The first kappa shape index (κ1) is 14.3. The number of benzene rings is 1. The molecule has 2 rings (SSSR count). The van der Waals surface area contributed by atoms with Gasteiger partial charge in [-0.05, 0) is 53.3 Å². The lowest BCUT2D eigenvalue weighted by Crippen LogP contribution is -2.14. The van der Waals surface area contributed by atoms with E-state index in [4.69, 9.17) is 11.5 Å². The number of aryl methyl sites for hydroxylation is 1. The summed E-state index contributed by atoms with van der Waals surface area (Å²) in [6.45, 7) is 1.88. The second-order valence-corrected chi connectivity index (χ2v) is 5.29. The number of amides is 1. The number of nitrogen functional groups attached to an aromatic ring is 1. The van der Waals surface area contributed by atoms with Gasteiger partial charge in [-0.15, -0.1) is 0 Å². The lowest BCUT2D eigenvalue weighted by molar-refractivity contribution is 0.0688. The number of nitrogens with two attached hydrogens (primary N) is 2. The second-order valence-electron chi connectivity index (χ2n) is 4.13. The minimum absolute atomic E-state index is 0.235. The van der Waals surface area contributed by atoms with Gasteiger partial charge in [-0.25, -0.2) is 9.48 Å². The smallest absolute Gasteiger partial charge is 0.356 e. The molecule has 0 atom stereocenters.